The van der Waals surface area contributed by atoms with Crippen LogP contribution < -0.4 is 0 Å². The average molecular weight is 337 g/mol. The zero-order valence-corrected chi connectivity index (χ0v) is 14.9. The predicted octanol–water partition coefficient (Wildman–Crippen LogP) is 2.99. The van der Waals surface area contributed by atoms with Crippen molar-refractivity contribution in [2.45, 2.75) is 46.2 Å². The number of H-pyrrole nitrogens is 1. The second-order valence-corrected chi connectivity index (χ2v) is 7.05. The number of aromatic amines is 1. The standard InChI is InChI=1S/C19H23N5O/c1-12-7-15-10-20-21-18(15)17(8-12)19(25)23-6-4-5-16(23)11-24-14(3)9-13(2)22-24/h7-10,16H,4-6,11H2,1-3H3,(H,20,21)/t16-/m1/s1. The quantitative estimate of drug-likeness (QED) is 0.799. The number of amides is 1. The van der Waals surface area contributed by atoms with Crippen LogP contribution in [0, 0.1) is 20.8 Å². The van der Waals surface area contributed by atoms with E-state index in [1.54, 1.807) is 6.20 Å². The molecule has 6 heteroatoms. The summed E-state index contributed by atoms with van der Waals surface area (Å²) >= 11 is 0. The number of benzene rings is 1. The van der Waals surface area contributed by atoms with Crippen LogP contribution in [-0.4, -0.2) is 43.4 Å². The normalized spacial score (nSPS) is 17.6. The summed E-state index contributed by atoms with van der Waals surface area (Å²) in [4.78, 5) is 15.3. The van der Waals surface area contributed by atoms with Gasteiger partial charge in [0.25, 0.3) is 5.91 Å². The first-order valence-corrected chi connectivity index (χ1v) is 8.78. The van der Waals surface area contributed by atoms with Crippen LogP contribution in [0.2, 0.25) is 0 Å². The van der Waals surface area contributed by atoms with Crippen LogP contribution in [0.15, 0.2) is 24.4 Å². The number of fused-ring (bicyclic) bond motifs is 1. The van der Waals surface area contributed by atoms with Gasteiger partial charge in [0.1, 0.15) is 0 Å². The molecule has 0 radical (unpaired) electrons. The lowest BCUT2D eigenvalue weighted by Crippen LogP contribution is -2.38. The fraction of sp³-hybridized carbons (Fsp3) is 0.421. The van der Waals surface area contributed by atoms with Crippen molar-refractivity contribution >= 4 is 16.8 Å². The third kappa shape index (κ3) is 2.81. The lowest BCUT2D eigenvalue weighted by molar-refractivity contribution is 0.0722. The van der Waals surface area contributed by atoms with Gasteiger partial charge >= 0.3 is 0 Å². The molecule has 2 aromatic heterocycles. The highest BCUT2D eigenvalue weighted by atomic mass is 16.2. The Morgan fingerprint density at radius 1 is 1.28 bits per heavy atom. The van der Waals surface area contributed by atoms with E-state index in [1.165, 1.54) is 0 Å². The molecule has 3 heterocycles. The maximum absolute atomic E-state index is 13.3. The molecule has 3 aromatic rings. The maximum Gasteiger partial charge on any atom is 0.256 e. The van der Waals surface area contributed by atoms with E-state index in [9.17, 15) is 4.79 Å². The van der Waals surface area contributed by atoms with Crippen LogP contribution in [-0.2, 0) is 6.54 Å². The molecule has 1 aliphatic rings. The van der Waals surface area contributed by atoms with Crippen molar-refractivity contribution in [3.8, 4) is 0 Å². The molecule has 0 bridgehead atoms. The fourth-order valence-corrected chi connectivity index (χ4v) is 3.88. The maximum atomic E-state index is 13.3. The SMILES string of the molecule is Cc1cc(C(=O)N2CCC[C@@H]2Cn2nc(C)cc2C)c2[nH]ncc2c1. The summed E-state index contributed by atoms with van der Waals surface area (Å²) in [5, 5.41) is 12.6. The molecule has 0 spiro atoms. The van der Waals surface area contributed by atoms with Crippen molar-refractivity contribution in [2.24, 2.45) is 0 Å². The smallest absolute Gasteiger partial charge is 0.256 e. The molecule has 1 aliphatic heterocycles. The minimum Gasteiger partial charge on any atom is -0.334 e. The number of aryl methyl sites for hydroxylation is 3. The fourth-order valence-electron chi connectivity index (χ4n) is 3.88. The number of hydrogen-bond acceptors (Lipinski definition) is 3. The molecule has 1 fully saturated rings. The highest BCUT2D eigenvalue weighted by Crippen LogP contribution is 2.26. The van der Waals surface area contributed by atoms with E-state index in [-0.39, 0.29) is 11.9 Å². The van der Waals surface area contributed by atoms with E-state index in [0.717, 1.165) is 53.8 Å². The zero-order chi connectivity index (χ0) is 17.6. The molecule has 1 aromatic carbocycles. The van der Waals surface area contributed by atoms with Gasteiger partial charge in [0.05, 0.1) is 35.6 Å². The van der Waals surface area contributed by atoms with Gasteiger partial charge in [-0.25, -0.2) is 0 Å². The summed E-state index contributed by atoms with van der Waals surface area (Å²) in [6.07, 6.45) is 3.83. The first kappa shape index (κ1) is 15.9. The number of carbonyl (C=O) groups excluding carboxylic acids is 1. The molecule has 130 valence electrons. The lowest BCUT2D eigenvalue weighted by atomic mass is 10.1. The highest BCUT2D eigenvalue weighted by Gasteiger charge is 2.31. The van der Waals surface area contributed by atoms with Crippen LogP contribution in [0.25, 0.3) is 10.9 Å². The number of aromatic nitrogens is 4. The van der Waals surface area contributed by atoms with Crippen LogP contribution in [0.5, 0.6) is 0 Å². The molecule has 1 amide bonds. The van der Waals surface area contributed by atoms with Gasteiger partial charge in [-0.05, 0) is 57.4 Å². The molecule has 1 saturated heterocycles. The largest absolute Gasteiger partial charge is 0.334 e. The van der Waals surface area contributed by atoms with Gasteiger partial charge in [-0.1, -0.05) is 0 Å². The lowest BCUT2D eigenvalue weighted by Gasteiger charge is -2.25. The molecule has 1 N–H and O–H groups in total. The summed E-state index contributed by atoms with van der Waals surface area (Å²) in [6.45, 7) is 7.63. The van der Waals surface area contributed by atoms with E-state index in [0.29, 0.717) is 5.56 Å². The molecule has 4 rings (SSSR count). The molecule has 1 atom stereocenters. The number of likely N-dealkylation sites (tertiary alicyclic amines) is 1. The van der Waals surface area contributed by atoms with Gasteiger partial charge in [0.2, 0.25) is 0 Å². The second kappa shape index (κ2) is 6.02. The van der Waals surface area contributed by atoms with Gasteiger partial charge in [0.15, 0.2) is 0 Å². The van der Waals surface area contributed by atoms with Crippen LogP contribution in [0.3, 0.4) is 0 Å². The molecule has 0 unspecified atom stereocenters. The highest BCUT2D eigenvalue weighted by molar-refractivity contribution is 6.05. The number of rotatable bonds is 3. The number of carbonyl (C=O) groups is 1. The van der Waals surface area contributed by atoms with Crippen molar-refractivity contribution in [2.75, 3.05) is 6.54 Å². The van der Waals surface area contributed by atoms with Gasteiger partial charge < -0.3 is 4.90 Å². The van der Waals surface area contributed by atoms with Gasteiger partial charge in [0, 0.05) is 17.6 Å². The molecule has 25 heavy (non-hydrogen) atoms. The Bertz CT molecular complexity index is 939. The monoisotopic (exact) mass is 337 g/mol. The Balaban J connectivity index is 1.64. The minimum atomic E-state index is 0.0852. The Hall–Kier alpha value is -2.63. The molecule has 6 nitrogen and oxygen atoms in total. The Morgan fingerprint density at radius 3 is 2.88 bits per heavy atom. The van der Waals surface area contributed by atoms with Crippen LogP contribution >= 0.6 is 0 Å². The van der Waals surface area contributed by atoms with Crippen molar-refractivity contribution in [1.82, 2.24) is 24.9 Å². The van der Waals surface area contributed by atoms with E-state index >= 15 is 0 Å². The third-order valence-corrected chi connectivity index (χ3v) is 5.05. The first-order chi connectivity index (χ1) is 12.0. The molecular weight excluding hydrogens is 314 g/mol. The van der Waals surface area contributed by atoms with Crippen molar-refractivity contribution in [3.63, 3.8) is 0 Å². The van der Waals surface area contributed by atoms with Gasteiger partial charge in [-0.3, -0.25) is 14.6 Å². The summed E-state index contributed by atoms with van der Waals surface area (Å²) in [5.74, 6) is 0.0852. The summed E-state index contributed by atoms with van der Waals surface area (Å²) in [7, 11) is 0. The minimum absolute atomic E-state index is 0.0852. The summed E-state index contributed by atoms with van der Waals surface area (Å²) in [5.41, 5.74) is 4.78. The van der Waals surface area contributed by atoms with Crippen molar-refractivity contribution in [3.05, 3.63) is 46.9 Å². The molecular formula is C19H23N5O. The second-order valence-electron chi connectivity index (χ2n) is 7.05. The topological polar surface area (TPSA) is 66.8 Å². The van der Waals surface area contributed by atoms with E-state index in [1.807, 2.05) is 35.6 Å². The Morgan fingerprint density at radius 2 is 2.12 bits per heavy atom. The van der Waals surface area contributed by atoms with Gasteiger partial charge in [-0.15, -0.1) is 0 Å². The number of hydrogen-bond donors (Lipinski definition) is 1. The van der Waals surface area contributed by atoms with E-state index in [4.69, 9.17) is 0 Å². The Kier molecular flexibility index (Phi) is 3.82. The predicted molar refractivity (Wildman–Crippen MR) is 96.6 cm³/mol. The van der Waals surface area contributed by atoms with Crippen LogP contribution in [0.4, 0.5) is 0 Å². The summed E-state index contributed by atoms with van der Waals surface area (Å²) < 4.78 is 2.02. The van der Waals surface area contributed by atoms with Gasteiger partial charge in [-0.2, -0.15) is 10.2 Å². The average Bonchev–Trinajstić information content (AvgIpc) is 3.27. The number of nitrogens with one attached hydrogen (secondary N) is 1. The molecule has 0 saturated carbocycles. The van der Waals surface area contributed by atoms with Crippen molar-refractivity contribution in [1.29, 1.82) is 0 Å². The zero-order valence-electron chi connectivity index (χ0n) is 14.9. The Labute approximate surface area is 146 Å². The van der Waals surface area contributed by atoms with E-state index < -0.39 is 0 Å². The summed E-state index contributed by atoms with van der Waals surface area (Å²) in [6, 6.07) is 6.27. The first-order valence-electron chi connectivity index (χ1n) is 8.78. The molecule has 0 aliphatic carbocycles. The van der Waals surface area contributed by atoms with E-state index in [2.05, 4.69) is 28.3 Å². The third-order valence-electron chi connectivity index (χ3n) is 5.05. The number of nitrogens with zero attached hydrogens (tertiary/aromatic N) is 4. The van der Waals surface area contributed by atoms with Crippen molar-refractivity contribution < 1.29 is 4.79 Å². The van der Waals surface area contributed by atoms with Crippen LogP contribution in [0.1, 0.15) is 40.2 Å².